The summed E-state index contributed by atoms with van der Waals surface area (Å²) >= 11 is 0. The molecule has 0 aliphatic carbocycles. The zero-order valence-electron chi connectivity index (χ0n) is 12.1. The molecule has 0 fully saturated rings. The number of nitrogens with one attached hydrogen (secondary N) is 1. The van der Waals surface area contributed by atoms with Crippen LogP contribution < -0.4 is 10.1 Å². The van der Waals surface area contributed by atoms with E-state index >= 15 is 0 Å². The van der Waals surface area contributed by atoms with Gasteiger partial charge in [-0.15, -0.1) is 0 Å². The first-order chi connectivity index (χ1) is 10.9. The van der Waals surface area contributed by atoms with Crippen molar-refractivity contribution in [3.63, 3.8) is 0 Å². The van der Waals surface area contributed by atoms with E-state index in [1.54, 1.807) is 13.0 Å². The second-order valence-electron chi connectivity index (χ2n) is 4.74. The maximum atomic E-state index is 13.7. The molecule has 2 N–H and O–H groups in total. The summed E-state index contributed by atoms with van der Waals surface area (Å²) in [5, 5.41) is 21.6. The van der Waals surface area contributed by atoms with Crippen molar-refractivity contribution in [1.82, 2.24) is 5.32 Å². The zero-order valence-corrected chi connectivity index (χ0v) is 12.1. The Bertz CT molecular complexity index is 764. The number of aryl methyl sites for hydroxylation is 1. The highest BCUT2D eigenvalue weighted by molar-refractivity contribution is 5.64. The summed E-state index contributed by atoms with van der Waals surface area (Å²) in [6.07, 6.45) is -1.31. The second-order valence-corrected chi connectivity index (χ2v) is 4.74. The molecule has 0 aliphatic heterocycles. The first-order valence-electron chi connectivity index (χ1n) is 6.55. The first kappa shape index (κ1) is 16.2. The van der Waals surface area contributed by atoms with Gasteiger partial charge >= 0.3 is 6.09 Å². The Balaban J connectivity index is 2.32. The Morgan fingerprint density at radius 1 is 1.35 bits per heavy atom. The minimum atomic E-state index is -1.31. The van der Waals surface area contributed by atoms with E-state index in [1.165, 1.54) is 30.3 Å². The number of carboxylic acid groups (broad SMARTS) is 1. The molecule has 2 aromatic carbocycles. The van der Waals surface area contributed by atoms with E-state index in [0.717, 1.165) is 5.56 Å². The topological polar surface area (TPSA) is 102 Å². The maximum Gasteiger partial charge on any atom is 0.404 e. The molecule has 0 radical (unpaired) electrons. The van der Waals surface area contributed by atoms with E-state index in [2.05, 4.69) is 5.32 Å². The van der Waals surface area contributed by atoms with E-state index in [1.807, 2.05) is 0 Å². The molecule has 2 aromatic rings. The summed E-state index contributed by atoms with van der Waals surface area (Å²) in [5.41, 5.74) is 0.648. The van der Waals surface area contributed by atoms with Crippen LogP contribution in [0.1, 0.15) is 11.1 Å². The molecule has 8 heteroatoms. The van der Waals surface area contributed by atoms with Gasteiger partial charge in [0.15, 0.2) is 11.6 Å². The Kier molecular flexibility index (Phi) is 4.75. The van der Waals surface area contributed by atoms with Gasteiger partial charge in [0.1, 0.15) is 5.75 Å². The van der Waals surface area contributed by atoms with Crippen LogP contribution in [0.15, 0.2) is 36.4 Å². The van der Waals surface area contributed by atoms with Crippen LogP contribution in [0.3, 0.4) is 0 Å². The fraction of sp³-hybridized carbons (Fsp3) is 0.133. The van der Waals surface area contributed by atoms with Crippen LogP contribution in [-0.4, -0.2) is 16.1 Å². The van der Waals surface area contributed by atoms with Crippen LogP contribution >= 0.6 is 0 Å². The average Bonchev–Trinajstić information content (AvgIpc) is 2.48. The number of halogens is 1. The summed E-state index contributed by atoms with van der Waals surface area (Å²) < 4.78 is 19.1. The van der Waals surface area contributed by atoms with Gasteiger partial charge in [-0.25, -0.2) is 9.18 Å². The molecule has 0 aliphatic rings. The maximum absolute atomic E-state index is 13.7. The van der Waals surface area contributed by atoms with Crippen LogP contribution in [-0.2, 0) is 6.54 Å². The van der Waals surface area contributed by atoms with Crippen molar-refractivity contribution < 1.29 is 24.0 Å². The Morgan fingerprint density at radius 3 is 2.74 bits per heavy atom. The number of benzene rings is 2. The molecule has 0 heterocycles. The highest BCUT2D eigenvalue weighted by Crippen LogP contribution is 2.29. The smallest absolute Gasteiger partial charge is 0.404 e. The Morgan fingerprint density at radius 2 is 2.09 bits per heavy atom. The van der Waals surface area contributed by atoms with E-state index in [-0.39, 0.29) is 29.3 Å². The van der Waals surface area contributed by atoms with Crippen molar-refractivity contribution in [2.45, 2.75) is 13.5 Å². The Labute approximate surface area is 130 Å². The molecule has 0 saturated carbocycles. The van der Waals surface area contributed by atoms with Crippen LogP contribution in [0.5, 0.6) is 11.5 Å². The average molecular weight is 320 g/mol. The molecule has 23 heavy (non-hydrogen) atoms. The van der Waals surface area contributed by atoms with Gasteiger partial charge in [-0.1, -0.05) is 6.07 Å². The van der Waals surface area contributed by atoms with Crippen molar-refractivity contribution in [3.05, 3.63) is 63.5 Å². The van der Waals surface area contributed by atoms with E-state index in [0.29, 0.717) is 0 Å². The monoisotopic (exact) mass is 320 g/mol. The molecule has 0 saturated heterocycles. The van der Waals surface area contributed by atoms with Crippen molar-refractivity contribution in [2.75, 3.05) is 0 Å². The number of rotatable bonds is 5. The minimum absolute atomic E-state index is 0.0176. The standard InChI is InChI=1S/C15H13FN2O5/c1-9-2-4-12(16)14(6-9)23-11-3-5-13(18(21)22)10(7-11)8-17-15(19)20/h2-7,17H,8H2,1H3,(H,19,20). The lowest BCUT2D eigenvalue weighted by Gasteiger charge is -2.10. The van der Waals surface area contributed by atoms with Gasteiger partial charge in [0, 0.05) is 6.07 Å². The fourth-order valence-corrected chi connectivity index (χ4v) is 1.93. The number of nitro benzene ring substituents is 1. The summed E-state index contributed by atoms with van der Waals surface area (Å²) in [6.45, 7) is 1.50. The van der Waals surface area contributed by atoms with Crippen LogP contribution in [0.4, 0.5) is 14.9 Å². The predicted molar refractivity (Wildman–Crippen MR) is 79.2 cm³/mol. The number of nitrogens with zero attached hydrogens (tertiary/aromatic N) is 1. The number of amides is 1. The van der Waals surface area contributed by atoms with Gasteiger partial charge in [0.2, 0.25) is 0 Å². The number of hydrogen-bond donors (Lipinski definition) is 2. The van der Waals surface area contributed by atoms with Crippen molar-refractivity contribution >= 4 is 11.8 Å². The second kappa shape index (κ2) is 6.73. The number of ether oxygens (including phenoxy) is 1. The lowest BCUT2D eigenvalue weighted by Crippen LogP contribution is -2.20. The molecule has 120 valence electrons. The van der Waals surface area contributed by atoms with Crippen molar-refractivity contribution in [3.8, 4) is 11.5 Å². The van der Waals surface area contributed by atoms with Crippen LogP contribution in [0.2, 0.25) is 0 Å². The highest BCUT2D eigenvalue weighted by atomic mass is 19.1. The largest absolute Gasteiger partial charge is 0.465 e. The van der Waals surface area contributed by atoms with E-state index in [9.17, 15) is 19.3 Å². The third-order valence-corrected chi connectivity index (χ3v) is 2.99. The number of nitro groups is 1. The van der Waals surface area contributed by atoms with Gasteiger partial charge in [-0.3, -0.25) is 10.1 Å². The van der Waals surface area contributed by atoms with E-state index < -0.39 is 16.8 Å². The molecule has 0 bridgehead atoms. The SMILES string of the molecule is Cc1ccc(F)c(Oc2ccc([N+](=O)[O-])c(CNC(=O)O)c2)c1. The van der Waals surface area contributed by atoms with Gasteiger partial charge in [-0.2, -0.15) is 0 Å². The minimum Gasteiger partial charge on any atom is -0.465 e. The third-order valence-electron chi connectivity index (χ3n) is 2.99. The fourth-order valence-electron chi connectivity index (χ4n) is 1.93. The van der Waals surface area contributed by atoms with Gasteiger partial charge in [0.25, 0.3) is 5.69 Å². The third kappa shape index (κ3) is 4.16. The van der Waals surface area contributed by atoms with Crippen molar-refractivity contribution in [2.24, 2.45) is 0 Å². The molecule has 0 atom stereocenters. The van der Waals surface area contributed by atoms with Gasteiger partial charge < -0.3 is 15.2 Å². The van der Waals surface area contributed by atoms with Crippen LogP contribution in [0, 0.1) is 22.9 Å². The summed E-state index contributed by atoms with van der Waals surface area (Å²) in [6, 6.07) is 8.14. The predicted octanol–water partition coefficient (Wildman–Crippen LogP) is 3.60. The molecule has 7 nitrogen and oxygen atoms in total. The summed E-state index contributed by atoms with van der Waals surface area (Å²) in [7, 11) is 0. The molecule has 2 rings (SSSR count). The highest BCUT2D eigenvalue weighted by Gasteiger charge is 2.16. The quantitative estimate of drug-likeness (QED) is 0.647. The van der Waals surface area contributed by atoms with Crippen LogP contribution in [0.25, 0.3) is 0 Å². The normalized spacial score (nSPS) is 10.2. The van der Waals surface area contributed by atoms with Crippen molar-refractivity contribution in [1.29, 1.82) is 0 Å². The molecule has 0 unspecified atom stereocenters. The van der Waals surface area contributed by atoms with E-state index in [4.69, 9.17) is 9.84 Å². The molecular formula is C15H13FN2O5. The lowest BCUT2D eigenvalue weighted by molar-refractivity contribution is -0.385. The lowest BCUT2D eigenvalue weighted by atomic mass is 10.1. The Hall–Kier alpha value is -3.16. The molecule has 0 spiro atoms. The molecule has 1 amide bonds. The summed E-state index contributed by atoms with van der Waals surface area (Å²) in [4.78, 5) is 20.9. The zero-order chi connectivity index (χ0) is 17.0. The first-order valence-corrected chi connectivity index (χ1v) is 6.55. The van der Waals surface area contributed by atoms with Gasteiger partial charge in [-0.05, 0) is 36.8 Å². The number of carbonyl (C=O) groups is 1. The van der Waals surface area contributed by atoms with Gasteiger partial charge in [0.05, 0.1) is 17.0 Å². The summed E-state index contributed by atoms with van der Waals surface area (Å²) in [5.74, 6) is -0.419. The number of hydrogen-bond acceptors (Lipinski definition) is 4. The molecular weight excluding hydrogens is 307 g/mol. The molecule has 0 aromatic heterocycles.